The van der Waals surface area contributed by atoms with Crippen molar-refractivity contribution in [3.8, 4) is 0 Å². The molecule has 0 spiro atoms. The van der Waals surface area contributed by atoms with Crippen molar-refractivity contribution in [3.05, 3.63) is 33.8 Å². The predicted octanol–water partition coefficient (Wildman–Crippen LogP) is 4.52. The Labute approximate surface area is 137 Å². The zero-order valence-corrected chi connectivity index (χ0v) is 14.1. The fraction of sp³-hybridized carbons (Fsp3) is 0.647. The second kappa shape index (κ2) is 6.87. The van der Waals surface area contributed by atoms with E-state index in [1.807, 2.05) is 12.1 Å². The van der Waals surface area contributed by atoms with Gasteiger partial charge >= 0.3 is 0 Å². The summed E-state index contributed by atoms with van der Waals surface area (Å²) in [6.07, 6.45) is 5.28. The standard InChI is InChI=1S/C17H24Cl2N2/c1-12(15-5-2-6-16(18)17(15)19)21(14-7-8-14)11-13-4-3-9-20-10-13/h2,5-6,12-14,20H,3-4,7-11H2,1H3. The van der Waals surface area contributed by atoms with Gasteiger partial charge in [0.1, 0.15) is 0 Å². The van der Waals surface area contributed by atoms with Crippen molar-refractivity contribution in [2.24, 2.45) is 5.92 Å². The Bertz CT molecular complexity index is 482. The minimum absolute atomic E-state index is 0.339. The van der Waals surface area contributed by atoms with Crippen LogP contribution >= 0.6 is 23.2 Å². The Morgan fingerprint density at radius 1 is 1.29 bits per heavy atom. The van der Waals surface area contributed by atoms with E-state index in [1.54, 1.807) is 0 Å². The Hall–Kier alpha value is -0.280. The van der Waals surface area contributed by atoms with Crippen molar-refractivity contribution in [2.75, 3.05) is 19.6 Å². The summed E-state index contributed by atoms with van der Waals surface area (Å²) in [4.78, 5) is 2.65. The largest absolute Gasteiger partial charge is 0.316 e. The van der Waals surface area contributed by atoms with Gasteiger partial charge in [-0.2, -0.15) is 0 Å². The van der Waals surface area contributed by atoms with Gasteiger partial charge in [-0.3, -0.25) is 4.90 Å². The Balaban J connectivity index is 1.75. The Morgan fingerprint density at radius 2 is 2.10 bits per heavy atom. The summed E-state index contributed by atoms with van der Waals surface area (Å²) in [5, 5.41) is 4.91. The van der Waals surface area contributed by atoms with Gasteiger partial charge < -0.3 is 5.32 Å². The number of hydrogen-bond acceptors (Lipinski definition) is 2. The summed E-state index contributed by atoms with van der Waals surface area (Å²) >= 11 is 12.6. The lowest BCUT2D eigenvalue weighted by Gasteiger charge is -2.35. The molecule has 2 unspecified atom stereocenters. The molecule has 2 atom stereocenters. The molecule has 0 amide bonds. The molecule has 4 heteroatoms. The Kier molecular flexibility index (Phi) is 5.11. The number of hydrogen-bond donors (Lipinski definition) is 1. The first-order valence-corrected chi connectivity index (χ1v) is 8.82. The van der Waals surface area contributed by atoms with Gasteiger partial charge in [0.2, 0.25) is 0 Å². The number of nitrogens with one attached hydrogen (secondary N) is 1. The van der Waals surface area contributed by atoms with E-state index in [0.717, 1.165) is 23.5 Å². The molecule has 1 aromatic carbocycles. The van der Waals surface area contributed by atoms with Crippen LogP contribution in [0.25, 0.3) is 0 Å². The van der Waals surface area contributed by atoms with E-state index >= 15 is 0 Å². The minimum atomic E-state index is 0.339. The summed E-state index contributed by atoms with van der Waals surface area (Å²) in [7, 11) is 0. The smallest absolute Gasteiger partial charge is 0.0640 e. The maximum Gasteiger partial charge on any atom is 0.0640 e. The molecule has 1 aromatic rings. The molecular weight excluding hydrogens is 303 g/mol. The lowest BCUT2D eigenvalue weighted by atomic mass is 9.97. The van der Waals surface area contributed by atoms with Crippen LogP contribution in [0.4, 0.5) is 0 Å². The molecule has 1 saturated heterocycles. The third kappa shape index (κ3) is 3.73. The van der Waals surface area contributed by atoms with E-state index in [0.29, 0.717) is 11.1 Å². The first kappa shape index (κ1) is 15.6. The van der Waals surface area contributed by atoms with E-state index < -0.39 is 0 Å². The molecule has 0 aromatic heterocycles. The second-order valence-electron chi connectivity index (χ2n) is 6.46. The number of rotatable bonds is 5. The third-order valence-electron chi connectivity index (χ3n) is 4.81. The minimum Gasteiger partial charge on any atom is -0.316 e. The second-order valence-corrected chi connectivity index (χ2v) is 7.24. The molecule has 2 aliphatic rings. The normalized spacial score (nSPS) is 24.3. The maximum atomic E-state index is 6.43. The van der Waals surface area contributed by atoms with Crippen LogP contribution in [0.3, 0.4) is 0 Å². The van der Waals surface area contributed by atoms with Crippen LogP contribution in [0.2, 0.25) is 10.0 Å². The summed E-state index contributed by atoms with van der Waals surface area (Å²) in [5.74, 6) is 0.764. The van der Waals surface area contributed by atoms with Gasteiger partial charge in [0, 0.05) is 18.6 Å². The van der Waals surface area contributed by atoms with E-state index in [-0.39, 0.29) is 0 Å². The summed E-state index contributed by atoms with van der Waals surface area (Å²) in [6, 6.07) is 7.07. The summed E-state index contributed by atoms with van der Waals surface area (Å²) in [5.41, 5.74) is 1.17. The quantitative estimate of drug-likeness (QED) is 0.855. The summed E-state index contributed by atoms with van der Waals surface area (Å²) in [6.45, 7) is 5.77. The van der Waals surface area contributed by atoms with Gasteiger partial charge in [-0.25, -0.2) is 0 Å². The van der Waals surface area contributed by atoms with Crippen molar-refractivity contribution in [1.82, 2.24) is 10.2 Å². The molecular formula is C17H24Cl2N2. The van der Waals surface area contributed by atoms with E-state index in [1.165, 1.54) is 44.3 Å². The van der Waals surface area contributed by atoms with E-state index in [4.69, 9.17) is 23.2 Å². The highest BCUT2D eigenvalue weighted by Crippen LogP contribution is 2.39. The van der Waals surface area contributed by atoms with Crippen molar-refractivity contribution in [3.63, 3.8) is 0 Å². The van der Waals surface area contributed by atoms with Crippen LogP contribution in [0.15, 0.2) is 18.2 Å². The molecule has 2 fully saturated rings. The first-order chi connectivity index (χ1) is 10.2. The van der Waals surface area contributed by atoms with Gasteiger partial charge in [-0.05, 0) is 63.2 Å². The maximum absolute atomic E-state index is 6.43. The van der Waals surface area contributed by atoms with Crippen LogP contribution in [0.5, 0.6) is 0 Å². The van der Waals surface area contributed by atoms with Crippen molar-refractivity contribution in [1.29, 1.82) is 0 Å². The number of piperidine rings is 1. The van der Waals surface area contributed by atoms with Crippen LogP contribution in [-0.4, -0.2) is 30.6 Å². The molecule has 1 heterocycles. The topological polar surface area (TPSA) is 15.3 Å². The SMILES string of the molecule is CC(c1cccc(Cl)c1Cl)N(CC1CCCNC1)C1CC1. The highest BCUT2D eigenvalue weighted by Gasteiger charge is 2.35. The highest BCUT2D eigenvalue weighted by atomic mass is 35.5. The molecule has 0 radical (unpaired) electrons. The lowest BCUT2D eigenvalue weighted by molar-refractivity contribution is 0.154. The zero-order chi connectivity index (χ0) is 14.8. The first-order valence-electron chi connectivity index (χ1n) is 8.07. The zero-order valence-electron chi connectivity index (χ0n) is 12.6. The fourth-order valence-corrected chi connectivity index (χ4v) is 3.90. The molecule has 3 rings (SSSR count). The van der Waals surface area contributed by atoms with Gasteiger partial charge in [0.15, 0.2) is 0 Å². The van der Waals surface area contributed by atoms with Gasteiger partial charge in [0.05, 0.1) is 10.0 Å². The molecule has 1 aliphatic heterocycles. The van der Waals surface area contributed by atoms with Crippen molar-refractivity contribution >= 4 is 23.2 Å². The molecule has 0 bridgehead atoms. The Morgan fingerprint density at radius 3 is 2.76 bits per heavy atom. The van der Waals surface area contributed by atoms with Gasteiger partial charge in [0.25, 0.3) is 0 Å². The van der Waals surface area contributed by atoms with Crippen LogP contribution in [-0.2, 0) is 0 Å². The number of benzene rings is 1. The van der Waals surface area contributed by atoms with Crippen molar-refractivity contribution < 1.29 is 0 Å². The molecule has 1 aliphatic carbocycles. The van der Waals surface area contributed by atoms with E-state index in [2.05, 4.69) is 23.2 Å². The molecule has 1 N–H and O–H groups in total. The fourth-order valence-electron chi connectivity index (χ4n) is 3.43. The lowest BCUT2D eigenvalue weighted by Crippen LogP contribution is -2.40. The third-order valence-corrected chi connectivity index (χ3v) is 5.65. The monoisotopic (exact) mass is 326 g/mol. The van der Waals surface area contributed by atoms with Crippen LogP contribution in [0, 0.1) is 5.92 Å². The predicted molar refractivity (Wildman–Crippen MR) is 90.2 cm³/mol. The summed E-state index contributed by atoms with van der Waals surface area (Å²) < 4.78 is 0. The number of halogens is 2. The van der Waals surface area contributed by atoms with E-state index in [9.17, 15) is 0 Å². The molecule has 116 valence electrons. The van der Waals surface area contributed by atoms with Crippen LogP contribution < -0.4 is 5.32 Å². The highest BCUT2D eigenvalue weighted by molar-refractivity contribution is 6.42. The molecule has 21 heavy (non-hydrogen) atoms. The van der Waals surface area contributed by atoms with Crippen molar-refractivity contribution in [2.45, 2.75) is 44.7 Å². The molecule has 2 nitrogen and oxygen atoms in total. The number of nitrogens with zero attached hydrogens (tertiary/aromatic N) is 1. The molecule has 1 saturated carbocycles. The van der Waals surface area contributed by atoms with Crippen LogP contribution in [0.1, 0.15) is 44.2 Å². The average Bonchev–Trinajstić information content (AvgIpc) is 3.33. The van der Waals surface area contributed by atoms with Gasteiger partial charge in [-0.15, -0.1) is 0 Å². The van der Waals surface area contributed by atoms with Gasteiger partial charge in [-0.1, -0.05) is 35.3 Å². The average molecular weight is 327 g/mol.